The van der Waals surface area contributed by atoms with Crippen LogP contribution in [0.1, 0.15) is 5.69 Å². The minimum Gasteiger partial charge on any atom is -0.391 e. The van der Waals surface area contributed by atoms with Crippen molar-refractivity contribution >= 4 is 11.9 Å². The Balaban J connectivity index is 1.98. The average Bonchev–Trinajstić information content (AvgIpc) is 2.54. The predicted octanol–water partition coefficient (Wildman–Crippen LogP) is -0.440. The van der Waals surface area contributed by atoms with Crippen LogP contribution in [-0.2, 0) is 20.9 Å². The van der Waals surface area contributed by atoms with Crippen molar-refractivity contribution in [3.63, 3.8) is 0 Å². The van der Waals surface area contributed by atoms with E-state index in [9.17, 15) is 9.59 Å². The fourth-order valence-electron chi connectivity index (χ4n) is 1.27. The van der Waals surface area contributed by atoms with Crippen molar-refractivity contribution in [3.8, 4) is 0 Å². The fourth-order valence-corrected chi connectivity index (χ4v) is 1.27. The van der Waals surface area contributed by atoms with Gasteiger partial charge in [-0.15, -0.1) is 0 Å². The number of aromatic nitrogens is 1. The molecule has 1 saturated heterocycles. The Labute approximate surface area is 79.4 Å². The molecule has 0 radical (unpaired) electrons. The minimum atomic E-state index is -0.523. The Hall–Kier alpha value is -1.69. The monoisotopic (exact) mass is 196 g/mol. The van der Waals surface area contributed by atoms with Crippen molar-refractivity contribution in [1.29, 1.82) is 0 Å². The van der Waals surface area contributed by atoms with Crippen LogP contribution in [0.5, 0.6) is 0 Å². The van der Waals surface area contributed by atoms with Gasteiger partial charge in [0.25, 0.3) is 0 Å². The summed E-state index contributed by atoms with van der Waals surface area (Å²) in [7, 11) is 0. The Morgan fingerprint density at radius 2 is 2.07 bits per heavy atom. The summed E-state index contributed by atoms with van der Waals surface area (Å²) in [4.78, 5) is 23.4. The maximum atomic E-state index is 10.9. The Morgan fingerprint density at radius 1 is 1.36 bits per heavy atom. The second-order valence-corrected chi connectivity index (χ2v) is 2.98. The number of carbonyl (C=O) groups excluding carboxylic acids is 2. The molecule has 0 N–H and O–H groups in total. The van der Waals surface area contributed by atoms with E-state index in [-0.39, 0.29) is 13.1 Å². The molecule has 0 spiro atoms. The quantitative estimate of drug-likeness (QED) is 0.471. The summed E-state index contributed by atoms with van der Waals surface area (Å²) in [6.07, 6.45) is 1.44. The first-order chi connectivity index (χ1) is 6.74. The molecular formula is C8H8N2O4. The van der Waals surface area contributed by atoms with Crippen molar-refractivity contribution in [1.82, 2.24) is 10.1 Å². The van der Waals surface area contributed by atoms with E-state index in [4.69, 9.17) is 0 Å². The van der Waals surface area contributed by atoms with Crippen LogP contribution in [0.25, 0.3) is 0 Å². The zero-order chi connectivity index (χ0) is 9.97. The summed E-state index contributed by atoms with van der Waals surface area (Å²) in [5, 5.41) is 3.68. The Kier molecular flexibility index (Phi) is 2.28. The summed E-state index contributed by atoms with van der Waals surface area (Å²) < 4.78 is 9.00. The molecule has 0 unspecified atom stereocenters. The normalized spacial score (nSPS) is 18.3. The molecule has 1 aliphatic heterocycles. The van der Waals surface area contributed by atoms with Crippen LogP contribution in [-0.4, -0.2) is 35.1 Å². The van der Waals surface area contributed by atoms with Crippen LogP contribution in [0.3, 0.4) is 0 Å². The molecule has 0 aliphatic carbocycles. The van der Waals surface area contributed by atoms with Crippen molar-refractivity contribution in [2.75, 3.05) is 13.1 Å². The van der Waals surface area contributed by atoms with E-state index < -0.39 is 11.9 Å². The first-order valence-corrected chi connectivity index (χ1v) is 4.09. The second-order valence-electron chi connectivity index (χ2n) is 2.98. The van der Waals surface area contributed by atoms with Gasteiger partial charge in [0.1, 0.15) is 6.26 Å². The molecule has 1 fully saturated rings. The summed E-state index contributed by atoms with van der Waals surface area (Å²) in [6, 6.07) is 1.68. The highest BCUT2D eigenvalue weighted by Gasteiger charge is 2.25. The van der Waals surface area contributed by atoms with Crippen LogP contribution in [0.4, 0.5) is 0 Å². The van der Waals surface area contributed by atoms with Gasteiger partial charge in [-0.25, -0.2) is 0 Å². The zero-order valence-electron chi connectivity index (χ0n) is 7.30. The minimum absolute atomic E-state index is 0.110. The van der Waals surface area contributed by atoms with Gasteiger partial charge in [-0.1, -0.05) is 5.16 Å². The molecule has 6 nitrogen and oxygen atoms in total. The van der Waals surface area contributed by atoms with E-state index >= 15 is 0 Å². The maximum absolute atomic E-state index is 10.9. The third kappa shape index (κ3) is 1.97. The molecule has 0 bridgehead atoms. The van der Waals surface area contributed by atoms with E-state index in [2.05, 4.69) is 14.4 Å². The fraction of sp³-hybridized carbons (Fsp3) is 0.375. The van der Waals surface area contributed by atoms with Crippen LogP contribution in [0.2, 0.25) is 0 Å². The average molecular weight is 196 g/mol. The lowest BCUT2D eigenvalue weighted by Gasteiger charge is -2.22. The summed E-state index contributed by atoms with van der Waals surface area (Å²) in [6.45, 7) is 0.633. The number of hydrogen-bond acceptors (Lipinski definition) is 6. The van der Waals surface area contributed by atoms with Crippen LogP contribution in [0, 0.1) is 0 Å². The molecule has 0 saturated carbocycles. The standard InChI is InChI=1S/C8H8N2O4/c11-7-4-10(5-8(12)14-7)3-6-1-2-13-9-6/h1-2H,3-5H2. The third-order valence-electron chi connectivity index (χ3n) is 1.81. The number of morpholine rings is 1. The topological polar surface area (TPSA) is 72.6 Å². The van der Waals surface area contributed by atoms with Gasteiger partial charge in [-0.3, -0.25) is 14.5 Å². The molecule has 6 heteroatoms. The van der Waals surface area contributed by atoms with E-state index in [0.717, 1.165) is 0 Å². The lowest BCUT2D eigenvalue weighted by molar-refractivity contribution is -0.167. The van der Waals surface area contributed by atoms with Crippen LogP contribution in [0.15, 0.2) is 16.9 Å². The van der Waals surface area contributed by atoms with E-state index in [1.807, 2.05) is 0 Å². The van der Waals surface area contributed by atoms with Crippen LogP contribution < -0.4 is 0 Å². The molecule has 0 atom stereocenters. The van der Waals surface area contributed by atoms with Gasteiger partial charge in [-0.05, 0) is 0 Å². The molecular weight excluding hydrogens is 188 g/mol. The van der Waals surface area contributed by atoms with Gasteiger partial charge in [0.2, 0.25) is 0 Å². The Bertz CT molecular complexity index is 330. The molecule has 1 aromatic rings. The van der Waals surface area contributed by atoms with E-state index in [1.165, 1.54) is 6.26 Å². The number of nitrogens with zero attached hydrogens (tertiary/aromatic N) is 2. The number of esters is 2. The van der Waals surface area contributed by atoms with Gasteiger partial charge in [0.05, 0.1) is 18.8 Å². The van der Waals surface area contributed by atoms with Gasteiger partial charge in [0.15, 0.2) is 0 Å². The van der Waals surface area contributed by atoms with Crippen molar-refractivity contribution in [2.24, 2.45) is 0 Å². The number of carbonyl (C=O) groups is 2. The highest BCUT2D eigenvalue weighted by molar-refractivity contribution is 5.90. The molecule has 0 amide bonds. The SMILES string of the molecule is O=C1CN(Cc2ccon2)CC(=O)O1. The number of cyclic esters (lactones) is 2. The van der Waals surface area contributed by atoms with Gasteiger partial charge < -0.3 is 9.26 Å². The van der Waals surface area contributed by atoms with Crippen molar-refractivity contribution < 1.29 is 18.8 Å². The predicted molar refractivity (Wildman–Crippen MR) is 42.9 cm³/mol. The lowest BCUT2D eigenvalue weighted by Crippen LogP contribution is -2.42. The third-order valence-corrected chi connectivity index (χ3v) is 1.81. The van der Waals surface area contributed by atoms with E-state index in [1.54, 1.807) is 11.0 Å². The molecule has 2 rings (SSSR count). The molecule has 1 aliphatic rings. The highest BCUT2D eigenvalue weighted by Crippen LogP contribution is 2.05. The zero-order valence-corrected chi connectivity index (χ0v) is 7.30. The highest BCUT2D eigenvalue weighted by atomic mass is 16.6. The summed E-state index contributed by atoms with van der Waals surface area (Å²) >= 11 is 0. The van der Waals surface area contributed by atoms with E-state index in [0.29, 0.717) is 12.2 Å². The first kappa shape index (κ1) is 8.89. The van der Waals surface area contributed by atoms with Crippen molar-refractivity contribution in [2.45, 2.75) is 6.54 Å². The molecule has 14 heavy (non-hydrogen) atoms. The molecule has 74 valence electrons. The summed E-state index contributed by atoms with van der Waals surface area (Å²) in [5.41, 5.74) is 0.688. The van der Waals surface area contributed by atoms with Gasteiger partial charge >= 0.3 is 11.9 Å². The van der Waals surface area contributed by atoms with Gasteiger partial charge in [-0.2, -0.15) is 0 Å². The largest absolute Gasteiger partial charge is 0.391 e. The number of hydrogen-bond donors (Lipinski definition) is 0. The van der Waals surface area contributed by atoms with Crippen molar-refractivity contribution in [3.05, 3.63) is 18.0 Å². The summed E-state index contributed by atoms with van der Waals surface area (Å²) in [5.74, 6) is -1.05. The molecule has 2 heterocycles. The molecule has 0 aromatic carbocycles. The number of rotatable bonds is 2. The second kappa shape index (κ2) is 3.59. The van der Waals surface area contributed by atoms with Crippen LogP contribution >= 0.6 is 0 Å². The lowest BCUT2D eigenvalue weighted by atomic mass is 10.3. The Morgan fingerprint density at radius 3 is 2.64 bits per heavy atom. The molecule has 1 aromatic heterocycles. The van der Waals surface area contributed by atoms with Gasteiger partial charge in [0, 0.05) is 12.6 Å². The first-order valence-electron chi connectivity index (χ1n) is 4.09. The number of ether oxygens (including phenoxy) is 1. The smallest absolute Gasteiger partial charge is 0.327 e. The maximum Gasteiger partial charge on any atom is 0.327 e.